The number of rotatable bonds is 2. The van der Waals surface area contributed by atoms with E-state index in [4.69, 9.17) is 5.53 Å². The fourth-order valence-corrected chi connectivity index (χ4v) is 1.47. The number of halogens is 1. The molecule has 0 saturated carbocycles. The number of pyridine rings is 1. The molecule has 0 aliphatic heterocycles. The van der Waals surface area contributed by atoms with Gasteiger partial charge in [0.25, 0.3) is 0 Å². The minimum absolute atomic E-state index is 0.373. The Balaban J connectivity index is 2.92. The number of aromatic nitrogens is 1. The maximum Gasteiger partial charge on any atom is 0.106 e. The van der Waals surface area contributed by atoms with Crippen molar-refractivity contribution >= 4 is 15.9 Å². The normalized spacial score (nSPS) is 9.17. The van der Waals surface area contributed by atoms with Crippen LogP contribution >= 0.6 is 15.9 Å². The molecule has 5 heteroatoms. The van der Waals surface area contributed by atoms with E-state index in [1.165, 1.54) is 0 Å². The molecule has 0 N–H and O–H groups in total. The fourth-order valence-electron chi connectivity index (χ4n) is 0.901. The predicted molar refractivity (Wildman–Crippen MR) is 49.5 cm³/mol. The molecule has 1 aromatic heterocycles. The van der Waals surface area contributed by atoms with Crippen LogP contribution in [0.15, 0.2) is 21.9 Å². The SMILES string of the molecule is Cc1cc(CN=[N+]=[N-])cc(Br)n1. The third kappa shape index (κ3) is 2.53. The van der Waals surface area contributed by atoms with Crippen LogP contribution in [-0.2, 0) is 6.54 Å². The lowest BCUT2D eigenvalue weighted by molar-refractivity contribution is 1.02. The number of aryl methyl sites for hydroxylation is 1. The van der Waals surface area contributed by atoms with Crippen LogP contribution in [0.5, 0.6) is 0 Å². The molecule has 0 aliphatic carbocycles. The van der Waals surface area contributed by atoms with Gasteiger partial charge in [0, 0.05) is 10.6 Å². The smallest absolute Gasteiger partial charge is 0.106 e. The van der Waals surface area contributed by atoms with Gasteiger partial charge in [-0.3, -0.25) is 0 Å². The molecule has 0 fully saturated rings. The van der Waals surface area contributed by atoms with Crippen molar-refractivity contribution in [2.24, 2.45) is 5.11 Å². The van der Waals surface area contributed by atoms with E-state index >= 15 is 0 Å². The highest BCUT2D eigenvalue weighted by Crippen LogP contribution is 2.11. The van der Waals surface area contributed by atoms with Gasteiger partial charge in [0.05, 0.1) is 6.54 Å². The number of azide groups is 1. The Morgan fingerprint density at radius 3 is 3.00 bits per heavy atom. The van der Waals surface area contributed by atoms with Crippen molar-refractivity contribution in [3.63, 3.8) is 0 Å². The molecule has 0 saturated heterocycles. The molecule has 0 atom stereocenters. The second-order valence-corrected chi connectivity index (χ2v) is 3.14. The molecular weight excluding hydrogens is 220 g/mol. The molecule has 0 bridgehead atoms. The third-order valence-electron chi connectivity index (χ3n) is 1.30. The van der Waals surface area contributed by atoms with Gasteiger partial charge in [0.2, 0.25) is 0 Å². The van der Waals surface area contributed by atoms with Crippen LogP contribution in [0.25, 0.3) is 10.4 Å². The first kappa shape index (κ1) is 9.03. The summed E-state index contributed by atoms with van der Waals surface area (Å²) in [6.07, 6.45) is 0. The summed E-state index contributed by atoms with van der Waals surface area (Å²) in [7, 11) is 0. The second kappa shape index (κ2) is 4.09. The summed E-state index contributed by atoms with van der Waals surface area (Å²) in [5, 5.41) is 3.46. The summed E-state index contributed by atoms with van der Waals surface area (Å²) in [5.41, 5.74) is 9.97. The third-order valence-corrected chi connectivity index (χ3v) is 1.70. The van der Waals surface area contributed by atoms with Gasteiger partial charge in [0.15, 0.2) is 0 Å². The molecule has 0 spiro atoms. The summed E-state index contributed by atoms with van der Waals surface area (Å²) < 4.78 is 0.769. The Kier molecular flexibility index (Phi) is 3.08. The molecule has 0 unspecified atom stereocenters. The van der Waals surface area contributed by atoms with Crippen molar-refractivity contribution in [3.8, 4) is 0 Å². The zero-order valence-electron chi connectivity index (χ0n) is 6.53. The standard InChI is InChI=1S/C7H7BrN4/c1-5-2-6(4-10-12-9)3-7(8)11-5/h2-3H,4H2,1H3. The first-order valence-electron chi connectivity index (χ1n) is 3.36. The van der Waals surface area contributed by atoms with Crippen molar-refractivity contribution in [3.05, 3.63) is 38.4 Å². The Hall–Kier alpha value is -1.06. The molecule has 1 rings (SSSR count). The van der Waals surface area contributed by atoms with E-state index in [-0.39, 0.29) is 0 Å². The molecule has 0 radical (unpaired) electrons. The zero-order chi connectivity index (χ0) is 8.97. The first-order chi connectivity index (χ1) is 5.72. The Morgan fingerprint density at radius 2 is 2.42 bits per heavy atom. The number of hydrogen-bond acceptors (Lipinski definition) is 2. The zero-order valence-corrected chi connectivity index (χ0v) is 8.11. The highest BCUT2D eigenvalue weighted by molar-refractivity contribution is 9.10. The van der Waals surface area contributed by atoms with Crippen LogP contribution in [-0.4, -0.2) is 4.98 Å². The van der Waals surface area contributed by atoms with Gasteiger partial charge >= 0.3 is 0 Å². The monoisotopic (exact) mass is 226 g/mol. The quantitative estimate of drug-likeness (QED) is 0.331. The van der Waals surface area contributed by atoms with E-state index in [0.29, 0.717) is 6.54 Å². The second-order valence-electron chi connectivity index (χ2n) is 2.33. The van der Waals surface area contributed by atoms with Crippen LogP contribution in [0.4, 0.5) is 0 Å². The molecule has 1 aromatic rings. The minimum atomic E-state index is 0.373. The van der Waals surface area contributed by atoms with Crippen LogP contribution in [0.2, 0.25) is 0 Å². The van der Waals surface area contributed by atoms with Crippen molar-refractivity contribution in [2.75, 3.05) is 0 Å². The Morgan fingerprint density at radius 1 is 1.67 bits per heavy atom. The van der Waals surface area contributed by atoms with Crippen molar-refractivity contribution in [2.45, 2.75) is 13.5 Å². The van der Waals surface area contributed by atoms with E-state index in [9.17, 15) is 0 Å². The van der Waals surface area contributed by atoms with Gasteiger partial charge in [-0.2, -0.15) is 0 Å². The lowest BCUT2D eigenvalue weighted by Crippen LogP contribution is -1.87. The Labute approximate surface area is 78.4 Å². The van der Waals surface area contributed by atoms with E-state index in [2.05, 4.69) is 30.9 Å². The van der Waals surface area contributed by atoms with Crippen molar-refractivity contribution in [1.29, 1.82) is 0 Å². The van der Waals surface area contributed by atoms with E-state index < -0.39 is 0 Å². The molecule has 0 aromatic carbocycles. The summed E-state index contributed by atoms with van der Waals surface area (Å²) in [6.45, 7) is 2.27. The molecule has 62 valence electrons. The van der Waals surface area contributed by atoms with E-state index in [1.54, 1.807) is 0 Å². The average molecular weight is 227 g/mol. The maximum atomic E-state index is 8.10. The molecule has 12 heavy (non-hydrogen) atoms. The van der Waals surface area contributed by atoms with Crippen LogP contribution in [0.3, 0.4) is 0 Å². The number of nitrogens with zero attached hydrogens (tertiary/aromatic N) is 4. The minimum Gasteiger partial charge on any atom is -0.246 e. The molecular formula is C7H7BrN4. The van der Waals surface area contributed by atoms with Gasteiger partial charge in [0.1, 0.15) is 4.60 Å². The average Bonchev–Trinajstić information content (AvgIpc) is 1.99. The maximum absolute atomic E-state index is 8.10. The number of hydrogen-bond donors (Lipinski definition) is 0. The van der Waals surface area contributed by atoms with Crippen LogP contribution < -0.4 is 0 Å². The van der Waals surface area contributed by atoms with Crippen LogP contribution in [0, 0.1) is 6.92 Å². The molecule has 0 aliphatic rings. The van der Waals surface area contributed by atoms with Crippen molar-refractivity contribution in [1.82, 2.24) is 4.98 Å². The first-order valence-corrected chi connectivity index (χ1v) is 4.15. The summed E-state index contributed by atoms with van der Waals surface area (Å²) in [4.78, 5) is 6.80. The molecule has 4 nitrogen and oxygen atoms in total. The van der Waals surface area contributed by atoms with Gasteiger partial charge in [-0.1, -0.05) is 5.11 Å². The van der Waals surface area contributed by atoms with Gasteiger partial charge < -0.3 is 0 Å². The predicted octanol–water partition coefficient (Wildman–Crippen LogP) is 2.96. The van der Waals surface area contributed by atoms with Gasteiger partial charge in [-0.15, -0.1) is 0 Å². The highest BCUT2D eigenvalue weighted by atomic mass is 79.9. The van der Waals surface area contributed by atoms with Gasteiger partial charge in [-0.05, 0) is 46.1 Å². The van der Waals surface area contributed by atoms with Gasteiger partial charge in [-0.25, -0.2) is 4.98 Å². The van der Waals surface area contributed by atoms with Crippen LogP contribution in [0.1, 0.15) is 11.3 Å². The molecule has 0 amide bonds. The largest absolute Gasteiger partial charge is 0.246 e. The summed E-state index contributed by atoms with van der Waals surface area (Å²) in [5.74, 6) is 0. The van der Waals surface area contributed by atoms with Crippen molar-refractivity contribution < 1.29 is 0 Å². The molecule has 1 heterocycles. The summed E-state index contributed by atoms with van der Waals surface area (Å²) >= 11 is 3.26. The lowest BCUT2D eigenvalue weighted by atomic mass is 10.2. The Bertz CT molecular complexity index is 310. The summed E-state index contributed by atoms with van der Waals surface area (Å²) in [6, 6.07) is 3.72. The highest BCUT2D eigenvalue weighted by Gasteiger charge is 1.95. The van der Waals surface area contributed by atoms with E-state index in [1.807, 2.05) is 19.1 Å². The fraction of sp³-hybridized carbons (Fsp3) is 0.286. The topological polar surface area (TPSA) is 61.7 Å². The lowest BCUT2D eigenvalue weighted by Gasteiger charge is -1.98. The van der Waals surface area contributed by atoms with E-state index in [0.717, 1.165) is 15.9 Å².